The van der Waals surface area contributed by atoms with Gasteiger partial charge in [-0.3, -0.25) is 0 Å². The molecule has 1 N–H and O–H groups in total. The van der Waals surface area contributed by atoms with Crippen LogP contribution in [0.5, 0.6) is 5.75 Å². The zero-order valence-electron chi connectivity index (χ0n) is 11.1. The minimum atomic E-state index is -4.73. The molecule has 0 amide bonds. The number of nitriles is 1. The van der Waals surface area contributed by atoms with E-state index in [1.807, 2.05) is 6.07 Å². The first-order valence-corrected chi connectivity index (χ1v) is 6.88. The van der Waals surface area contributed by atoms with E-state index in [0.29, 0.717) is 21.8 Å². The summed E-state index contributed by atoms with van der Waals surface area (Å²) in [7, 11) is 0. The van der Waals surface area contributed by atoms with Gasteiger partial charge in [0, 0.05) is 5.56 Å². The zero-order chi connectivity index (χ0) is 16.4. The number of alkyl halides is 3. The molecule has 0 aliphatic carbocycles. The first-order valence-electron chi connectivity index (χ1n) is 6.10. The Morgan fingerprint density at radius 3 is 2.57 bits per heavy atom. The quantitative estimate of drug-likeness (QED) is 0.792. The van der Waals surface area contributed by atoms with E-state index in [4.69, 9.17) is 5.26 Å². The Hall–Kier alpha value is -2.93. The number of hydrogen-bond donors (Lipinski definition) is 1. The van der Waals surface area contributed by atoms with Crippen LogP contribution < -0.4 is 4.74 Å². The van der Waals surface area contributed by atoms with E-state index in [9.17, 15) is 13.2 Å². The van der Waals surface area contributed by atoms with Gasteiger partial charge in [0.1, 0.15) is 17.5 Å². The van der Waals surface area contributed by atoms with Crippen LogP contribution in [-0.2, 0) is 0 Å². The molecular formula is C13H6F3N5OS. The molecule has 2 aromatic heterocycles. The molecule has 3 rings (SSSR count). The highest BCUT2D eigenvalue weighted by Gasteiger charge is 2.31. The average molecular weight is 337 g/mol. The largest absolute Gasteiger partial charge is 0.573 e. The van der Waals surface area contributed by atoms with Crippen molar-refractivity contribution < 1.29 is 17.9 Å². The van der Waals surface area contributed by atoms with Gasteiger partial charge in [-0.25, -0.2) is 0 Å². The summed E-state index contributed by atoms with van der Waals surface area (Å²) in [6.07, 6.45) is -4.73. The SMILES string of the molecule is N#Cc1n[nH]nc1-c1cc(-c2ccc(OC(F)(F)F)cc2)ns1. The van der Waals surface area contributed by atoms with Gasteiger partial charge in [-0.05, 0) is 41.9 Å². The number of halogens is 3. The lowest BCUT2D eigenvalue weighted by atomic mass is 10.1. The summed E-state index contributed by atoms with van der Waals surface area (Å²) in [5.41, 5.74) is 1.70. The molecule has 23 heavy (non-hydrogen) atoms. The molecule has 0 bridgehead atoms. The number of rotatable bonds is 3. The van der Waals surface area contributed by atoms with Crippen LogP contribution >= 0.6 is 11.5 Å². The molecule has 0 spiro atoms. The van der Waals surface area contributed by atoms with Crippen molar-refractivity contribution in [1.29, 1.82) is 5.26 Å². The second-order valence-corrected chi connectivity index (χ2v) is 5.09. The maximum atomic E-state index is 12.1. The lowest BCUT2D eigenvalue weighted by Gasteiger charge is -2.08. The number of nitrogens with one attached hydrogen (secondary N) is 1. The molecule has 0 atom stereocenters. The maximum absolute atomic E-state index is 12.1. The second-order valence-electron chi connectivity index (χ2n) is 4.28. The van der Waals surface area contributed by atoms with Gasteiger partial charge >= 0.3 is 6.36 Å². The summed E-state index contributed by atoms with van der Waals surface area (Å²) < 4.78 is 44.4. The van der Waals surface area contributed by atoms with E-state index in [1.54, 1.807) is 6.07 Å². The monoisotopic (exact) mass is 337 g/mol. The van der Waals surface area contributed by atoms with E-state index < -0.39 is 6.36 Å². The summed E-state index contributed by atoms with van der Waals surface area (Å²) in [5, 5.41) is 18.9. The molecule has 6 nitrogen and oxygen atoms in total. The highest BCUT2D eigenvalue weighted by molar-refractivity contribution is 7.09. The number of H-pyrrole nitrogens is 1. The summed E-state index contributed by atoms with van der Waals surface area (Å²) in [6, 6.07) is 8.93. The lowest BCUT2D eigenvalue weighted by molar-refractivity contribution is -0.274. The minimum Gasteiger partial charge on any atom is -0.406 e. The number of benzene rings is 1. The molecule has 3 aromatic rings. The van der Waals surface area contributed by atoms with Crippen molar-refractivity contribution in [2.75, 3.05) is 0 Å². The Labute approximate surface area is 131 Å². The Kier molecular flexibility index (Phi) is 3.71. The molecule has 0 radical (unpaired) electrons. The normalized spacial score (nSPS) is 11.2. The van der Waals surface area contributed by atoms with Crippen LogP contribution in [0.4, 0.5) is 13.2 Å². The topological polar surface area (TPSA) is 87.5 Å². The number of ether oxygens (including phenoxy) is 1. The first-order chi connectivity index (χ1) is 11.0. The second kappa shape index (κ2) is 5.69. The third-order valence-electron chi connectivity index (χ3n) is 2.78. The van der Waals surface area contributed by atoms with E-state index in [1.165, 1.54) is 24.3 Å². The Morgan fingerprint density at radius 1 is 1.17 bits per heavy atom. The van der Waals surface area contributed by atoms with E-state index in [-0.39, 0.29) is 11.4 Å². The zero-order valence-corrected chi connectivity index (χ0v) is 11.9. The van der Waals surface area contributed by atoms with Gasteiger partial charge in [-0.15, -0.1) is 18.3 Å². The molecule has 1 aromatic carbocycles. The third-order valence-corrected chi connectivity index (χ3v) is 3.58. The highest BCUT2D eigenvalue weighted by Crippen LogP contribution is 2.31. The molecule has 0 saturated carbocycles. The van der Waals surface area contributed by atoms with Crippen molar-refractivity contribution in [2.45, 2.75) is 6.36 Å². The van der Waals surface area contributed by atoms with Gasteiger partial charge in [-0.1, -0.05) is 0 Å². The number of aromatic amines is 1. The van der Waals surface area contributed by atoms with Gasteiger partial charge in [-0.2, -0.15) is 19.9 Å². The molecule has 2 heterocycles. The first kappa shape index (κ1) is 15.0. The van der Waals surface area contributed by atoms with Gasteiger partial charge < -0.3 is 4.74 Å². The van der Waals surface area contributed by atoms with Crippen LogP contribution in [0.3, 0.4) is 0 Å². The Balaban J connectivity index is 1.85. The van der Waals surface area contributed by atoms with Gasteiger partial charge in [0.2, 0.25) is 0 Å². The van der Waals surface area contributed by atoms with E-state index >= 15 is 0 Å². The van der Waals surface area contributed by atoms with Crippen molar-refractivity contribution >= 4 is 11.5 Å². The molecule has 0 unspecified atom stereocenters. The highest BCUT2D eigenvalue weighted by atomic mass is 32.1. The molecular weight excluding hydrogens is 331 g/mol. The maximum Gasteiger partial charge on any atom is 0.573 e. The smallest absolute Gasteiger partial charge is 0.406 e. The van der Waals surface area contributed by atoms with E-state index in [0.717, 1.165) is 11.5 Å². The fourth-order valence-corrected chi connectivity index (χ4v) is 2.58. The molecule has 116 valence electrons. The predicted octanol–water partition coefficient (Wildman–Crippen LogP) is 3.37. The average Bonchev–Trinajstić information content (AvgIpc) is 3.15. The molecule has 0 aliphatic heterocycles. The van der Waals surface area contributed by atoms with Crippen LogP contribution in [0.1, 0.15) is 5.69 Å². The molecule has 10 heteroatoms. The summed E-state index contributed by atoms with van der Waals surface area (Å²) in [5.74, 6) is -0.306. The molecule has 0 fully saturated rings. The van der Waals surface area contributed by atoms with Crippen LogP contribution in [-0.4, -0.2) is 26.1 Å². The van der Waals surface area contributed by atoms with Gasteiger partial charge in [0.15, 0.2) is 5.69 Å². The number of hydrogen-bond acceptors (Lipinski definition) is 6. The van der Waals surface area contributed by atoms with Gasteiger partial charge in [0.25, 0.3) is 0 Å². The van der Waals surface area contributed by atoms with Crippen molar-refractivity contribution in [1.82, 2.24) is 19.8 Å². The number of aromatic nitrogens is 4. The van der Waals surface area contributed by atoms with E-state index in [2.05, 4.69) is 24.5 Å². The minimum absolute atomic E-state index is 0.147. The molecule has 0 saturated heterocycles. The van der Waals surface area contributed by atoms with Crippen molar-refractivity contribution in [3.8, 4) is 33.6 Å². The Bertz CT molecular complexity index is 863. The van der Waals surface area contributed by atoms with Crippen LogP contribution in [0.25, 0.3) is 21.8 Å². The van der Waals surface area contributed by atoms with Gasteiger partial charge in [0.05, 0.1) is 10.6 Å². The van der Waals surface area contributed by atoms with Crippen molar-refractivity contribution in [3.63, 3.8) is 0 Å². The van der Waals surface area contributed by atoms with Crippen LogP contribution in [0.2, 0.25) is 0 Å². The third kappa shape index (κ3) is 3.29. The van der Waals surface area contributed by atoms with Crippen molar-refractivity contribution in [3.05, 3.63) is 36.0 Å². The van der Waals surface area contributed by atoms with Crippen molar-refractivity contribution in [2.24, 2.45) is 0 Å². The standard InChI is InChI=1S/C13H6F3N5OS/c14-13(15,16)22-8-3-1-7(2-4-8)9-5-11(23-20-9)12-10(6-17)18-21-19-12/h1-5H,(H,18,19,21). The number of nitrogens with zero attached hydrogens (tertiary/aromatic N) is 4. The fraction of sp³-hybridized carbons (Fsp3) is 0.0769. The fourth-order valence-electron chi connectivity index (χ4n) is 1.83. The summed E-state index contributed by atoms with van der Waals surface area (Å²) in [6.45, 7) is 0. The molecule has 0 aliphatic rings. The summed E-state index contributed by atoms with van der Waals surface area (Å²) >= 11 is 1.11. The summed E-state index contributed by atoms with van der Waals surface area (Å²) in [4.78, 5) is 0.626. The lowest BCUT2D eigenvalue weighted by Crippen LogP contribution is -2.16. The predicted molar refractivity (Wildman–Crippen MR) is 74.3 cm³/mol. The Morgan fingerprint density at radius 2 is 1.91 bits per heavy atom. The van der Waals surface area contributed by atoms with Crippen LogP contribution in [0, 0.1) is 11.3 Å². The van der Waals surface area contributed by atoms with Crippen LogP contribution in [0.15, 0.2) is 30.3 Å².